The van der Waals surface area contributed by atoms with Gasteiger partial charge in [0.05, 0.1) is 19.0 Å². The molecule has 2 rings (SSSR count). The number of epoxide rings is 1. The summed E-state index contributed by atoms with van der Waals surface area (Å²) in [6, 6.07) is 3.92. The molecule has 0 spiro atoms. The average Bonchev–Trinajstić information content (AvgIpc) is 2.63. The van der Waals surface area contributed by atoms with E-state index in [2.05, 4.69) is 0 Å². The fourth-order valence-corrected chi connectivity index (χ4v) is 0.993. The highest BCUT2D eigenvalue weighted by Gasteiger charge is 2.21. The highest BCUT2D eigenvalue weighted by Crippen LogP contribution is 2.16. The van der Waals surface area contributed by atoms with Gasteiger partial charge in [-0.2, -0.15) is 0 Å². The van der Waals surface area contributed by atoms with E-state index in [-0.39, 0.29) is 0 Å². The summed E-state index contributed by atoms with van der Waals surface area (Å²) in [4.78, 5) is 0. The van der Waals surface area contributed by atoms with Gasteiger partial charge in [-0.15, -0.1) is 0 Å². The Balaban J connectivity index is 1.79. The molecule has 0 aromatic carbocycles. The number of rotatable bonds is 3. The van der Waals surface area contributed by atoms with Gasteiger partial charge in [-0.25, -0.2) is 0 Å². The van der Waals surface area contributed by atoms with Gasteiger partial charge < -0.3 is 9.15 Å². The summed E-state index contributed by atoms with van der Waals surface area (Å²) in [7, 11) is 0. The Morgan fingerprint density at radius 2 is 2.50 bits per heavy atom. The number of hydrogen-bond acceptors (Lipinski definition) is 2. The standard InChI is InChI=1S/C8H10O2/c1-2-7(9-5-1)3-4-8-6-10-8/h1-2,5,8H,3-4,6H2. The van der Waals surface area contributed by atoms with Gasteiger partial charge in [0, 0.05) is 6.42 Å². The lowest BCUT2D eigenvalue weighted by molar-refractivity contribution is 0.387. The molecule has 0 aliphatic carbocycles. The van der Waals surface area contributed by atoms with Gasteiger partial charge in [-0.3, -0.25) is 0 Å². The van der Waals surface area contributed by atoms with Gasteiger partial charge in [0.15, 0.2) is 0 Å². The molecule has 0 saturated carbocycles. The zero-order chi connectivity index (χ0) is 6.81. The van der Waals surface area contributed by atoms with Crippen LogP contribution in [-0.4, -0.2) is 12.7 Å². The Kier molecular flexibility index (Phi) is 1.47. The molecular formula is C8H10O2. The van der Waals surface area contributed by atoms with Crippen LogP contribution in [0.3, 0.4) is 0 Å². The SMILES string of the molecule is c1coc(CCC2CO2)c1. The first-order valence-corrected chi connectivity index (χ1v) is 3.59. The van der Waals surface area contributed by atoms with E-state index in [0.717, 1.165) is 25.2 Å². The molecule has 1 aliphatic rings. The molecule has 1 aromatic heterocycles. The molecule has 2 heterocycles. The van der Waals surface area contributed by atoms with E-state index in [1.807, 2.05) is 12.1 Å². The number of furan rings is 1. The Bertz CT molecular complexity index is 187. The van der Waals surface area contributed by atoms with Crippen LogP contribution in [0, 0.1) is 0 Å². The largest absolute Gasteiger partial charge is 0.469 e. The van der Waals surface area contributed by atoms with Crippen molar-refractivity contribution in [2.45, 2.75) is 18.9 Å². The first kappa shape index (κ1) is 5.98. The molecular weight excluding hydrogens is 128 g/mol. The van der Waals surface area contributed by atoms with Crippen LogP contribution in [0.15, 0.2) is 22.8 Å². The Labute approximate surface area is 59.8 Å². The minimum absolute atomic E-state index is 0.519. The first-order valence-electron chi connectivity index (χ1n) is 3.59. The van der Waals surface area contributed by atoms with E-state index in [9.17, 15) is 0 Å². The van der Waals surface area contributed by atoms with Crippen molar-refractivity contribution in [3.8, 4) is 0 Å². The summed E-state index contributed by atoms with van der Waals surface area (Å²) in [5.41, 5.74) is 0. The van der Waals surface area contributed by atoms with Crippen molar-refractivity contribution >= 4 is 0 Å². The summed E-state index contributed by atoms with van der Waals surface area (Å²) in [6.07, 6.45) is 4.35. The minimum Gasteiger partial charge on any atom is -0.469 e. The van der Waals surface area contributed by atoms with Crippen molar-refractivity contribution in [2.24, 2.45) is 0 Å². The smallest absolute Gasteiger partial charge is 0.103 e. The van der Waals surface area contributed by atoms with E-state index in [1.165, 1.54) is 0 Å². The normalized spacial score (nSPS) is 23.0. The van der Waals surface area contributed by atoms with Gasteiger partial charge in [-0.05, 0) is 18.6 Å². The second-order valence-electron chi connectivity index (χ2n) is 2.57. The van der Waals surface area contributed by atoms with Crippen LogP contribution >= 0.6 is 0 Å². The fourth-order valence-electron chi connectivity index (χ4n) is 0.993. The van der Waals surface area contributed by atoms with Crippen molar-refractivity contribution in [3.63, 3.8) is 0 Å². The molecule has 54 valence electrons. The summed E-state index contributed by atoms with van der Waals surface area (Å²) in [6.45, 7) is 0.945. The molecule has 2 heteroatoms. The molecule has 1 atom stereocenters. The Hall–Kier alpha value is -0.760. The summed E-state index contributed by atoms with van der Waals surface area (Å²) < 4.78 is 10.2. The molecule has 0 radical (unpaired) electrons. The number of ether oxygens (including phenoxy) is 1. The molecule has 1 fully saturated rings. The molecule has 0 bridgehead atoms. The monoisotopic (exact) mass is 138 g/mol. The van der Waals surface area contributed by atoms with Gasteiger partial charge in [0.2, 0.25) is 0 Å². The zero-order valence-corrected chi connectivity index (χ0v) is 5.75. The summed E-state index contributed by atoms with van der Waals surface area (Å²) in [5, 5.41) is 0. The Morgan fingerprint density at radius 3 is 3.10 bits per heavy atom. The lowest BCUT2D eigenvalue weighted by Gasteiger charge is -1.90. The summed E-state index contributed by atoms with van der Waals surface area (Å²) in [5.74, 6) is 1.07. The van der Waals surface area contributed by atoms with Crippen LogP contribution in [0.4, 0.5) is 0 Å². The van der Waals surface area contributed by atoms with E-state index in [4.69, 9.17) is 9.15 Å². The van der Waals surface area contributed by atoms with Gasteiger partial charge in [0.25, 0.3) is 0 Å². The maximum absolute atomic E-state index is 5.16. The predicted octanol–water partition coefficient (Wildman–Crippen LogP) is 1.61. The predicted molar refractivity (Wildman–Crippen MR) is 36.8 cm³/mol. The molecule has 0 N–H and O–H groups in total. The molecule has 1 aliphatic heterocycles. The topological polar surface area (TPSA) is 25.7 Å². The van der Waals surface area contributed by atoms with Crippen LogP contribution in [0.2, 0.25) is 0 Å². The third-order valence-corrected chi connectivity index (χ3v) is 1.70. The van der Waals surface area contributed by atoms with E-state index < -0.39 is 0 Å². The maximum atomic E-state index is 5.16. The molecule has 1 unspecified atom stereocenters. The molecule has 1 saturated heterocycles. The van der Waals surface area contributed by atoms with Crippen LogP contribution in [0.1, 0.15) is 12.2 Å². The fraction of sp³-hybridized carbons (Fsp3) is 0.500. The van der Waals surface area contributed by atoms with E-state index in [1.54, 1.807) is 6.26 Å². The molecule has 10 heavy (non-hydrogen) atoms. The van der Waals surface area contributed by atoms with Crippen LogP contribution < -0.4 is 0 Å². The highest BCUT2D eigenvalue weighted by molar-refractivity contribution is 4.98. The van der Waals surface area contributed by atoms with Crippen molar-refractivity contribution < 1.29 is 9.15 Å². The summed E-state index contributed by atoms with van der Waals surface area (Å²) >= 11 is 0. The van der Waals surface area contributed by atoms with Crippen molar-refractivity contribution in [3.05, 3.63) is 24.2 Å². The molecule has 1 aromatic rings. The second kappa shape index (κ2) is 2.46. The van der Waals surface area contributed by atoms with E-state index in [0.29, 0.717) is 6.10 Å². The van der Waals surface area contributed by atoms with Gasteiger partial charge in [-0.1, -0.05) is 0 Å². The Morgan fingerprint density at radius 1 is 1.60 bits per heavy atom. The maximum Gasteiger partial charge on any atom is 0.103 e. The van der Waals surface area contributed by atoms with Crippen molar-refractivity contribution in [1.29, 1.82) is 0 Å². The number of aryl methyl sites for hydroxylation is 1. The van der Waals surface area contributed by atoms with Crippen LogP contribution in [0.5, 0.6) is 0 Å². The highest BCUT2D eigenvalue weighted by atomic mass is 16.6. The van der Waals surface area contributed by atoms with Gasteiger partial charge in [0.1, 0.15) is 5.76 Å². The lowest BCUT2D eigenvalue weighted by atomic mass is 10.2. The van der Waals surface area contributed by atoms with Crippen molar-refractivity contribution in [2.75, 3.05) is 6.61 Å². The quantitative estimate of drug-likeness (QED) is 0.593. The van der Waals surface area contributed by atoms with Crippen LogP contribution in [-0.2, 0) is 11.2 Å². The number of hydrogen-bond donors (Lipinski definition) is 0. The zero-order valence-electron chi connectivity index (χ0n) is 5.75. The van der Waals surface area contributed by atoms with Crippen molar-refractivity contribution in [1.82, 2.24) is 0 Å². The van der Waals surface area contributed by atoms with Gasteiger partial charge >= 0.3 is 0 Å². The minimum atomic E-state index is 0.519. The third kappa shape index (κ3) is 1.39. The van der Waals surface area contributed by atoms with E-state index >= 15 is 0 Å². The van der Waals surface area contributed by atoms with Crippen LogP contribution in [0.25, 0.3) is 0 Å². The lowest BCUT2D eigenvalue weighted by Crippen LogP contribution is -1.88. The molecule has 2 nitrogen and oxygen atoms in total. The average molecular weight is 138 g/mol. The third-order valence-electron chi connectivity index (χ3n) is 1.70. The second-order valence-corrected chi connectivity index (χ2v) is 2.57. The first-order chi connectivity index (χ1) is 4.95. The molecule has 0 amide bonds.